The number of hydrogen-bond acceptors (Lipinski definition) is 2. The maximum absolute atomic E-state index is 14.0. The van der Waals surface area contributed by atoms with Crippen molar-refractivity contribution in [3.05, 3.63) is 69.5 Å². The molecule has 1 aliphatic heterocycles. The largest absolute Gasteiger partial charge is 0.329 e. The summed E-state index contributed by atoms with van der Waals surface area (Å²) in [6.45, 7) is 0.784. The van der Waals surface area contributed by atoms with Gasteiger partial charge in [0.1, 0.15) is 0 Å². The summed E-state index contributed by atoms with van der Waals surface area (Å²) >= 11 is 6.13. The van der Waals surface area contributed by atoms with E-state index in [1.165, 1.54) is 0 Å². The van der Waals surface area contributed by atoms with Gasteiger partial charge in [-0.05, 0) is 23.3 Å². The van der Waals surface area contributed by atoms with E-state index in [0.29, 0.717) is 17.1 Å². The van der Waals surface area contributed by atoms with Gasteiger partial charge in [0, 0.05) is 36.3 Å². The first-order chi connectivity index (χ1) is 10.5. The Balaban J connectivity index is 1.96. The van der Waals surface area contributed by atoms with Crippen LogP contribution >= 0.6 is 11.6 Å². The number of nitrogens with zero attached hydrogens (tertiary/aromatic N) is 1. The van der Waals surface area contributed by atoms with E-state index in [1.807, 2.05) is 23.1 Å². The minimum atomic E-state index is -1.44. The average molecular weight is 327 g/mol. The molecule has 0 amide bonds. The van der Waals surface area contributed by atoms with Crippen LogP contribution in [0, 0.1) is 17.5 Å². The molecule has 1 aliphatic rings. The fourth-order valence-corrected chi connectivity index (χ4v) is 3.10. The van der Waals surface area contributed by atoms with E-state index in [-0.39, 0.29) is 24.7 Å². The SMILES string of the molecule is NCC1c2cc(F)c(F)c(F)c2CN1Cc1ccccc1Cl. The van der Waals surface area contributed by atoms with Crippen LogP contribution in [0.15, 0.2) is 30.3 Å². The summed E-state index contributed by atoms with van der Waals surface area (Å²) in [4.78, 5) is 1.87. The lowest BCUT2D eigenvalue weighted by Crippen LogP contribution is -2.27. The van der Waals surface area contributed by atoms with Gasteiger partial charge in [-0.2, -0.15) is 0 Å². The van der Waals surface area contributed by atoms with E-state index >= 15 is 0 Å². The molecule has 1 heterocycles. The number of rotatable bonds is 3. The lowest BCUT2D eigenvalue weighted by molar-refractivity contribution is 0.210. The zero-order valence-electron chi connectivity index (χ0n) is 11.6. The van der Waals surface area contributed by atoms with Crippen LogP contribution in [0.25, 0.3) is 0 Å². The molecule has 3 rings (SSSR count). The summed E-state index contributed by atoms with van der Waals surface area (Å²) in [7, 11) is 0. The highest BCUT2D eigenvalue weighted by Crippen LogP contribution is 2.37. The smallest absolute Gasteiger partial charge is 0.194 e. The van der Waals surface area contributed by atoms with Crippen LogP contribution in [0.2, 0.25) is 5.02 Å². The standard InChI is InChI=1S/C16H14ClF3N2/c17-12-4-2-1-3-9(12)7-22-8-11-10(14(22)6-21)5-13(18)16(20)15(11)19/h1-5,14H,6-8,21H2. The molecule has 2 nitrogen and oxygen atoms in total. The second-order valence-electron chi connectivity index (χ2n) is 5.30. The van der Waals surface area contributed by atoms with Crippen molar-refractivity contribution in [2.24, 2.45) is 5.73 Å². The summed E-state index contributed by atoms with van der Waals surface area (Å²) in [6.07, 6.45) is 0. The third kappa shape index (κ3) is 2.49. The lowest BCUT2D eigenvalue weighted by atomic mass is 10.0. The summed E-state index contributed by atoms with van der Waals surface area (Å²) in [5, 5.41) is 0.590. The monoisotopic (exact) mass is 326 g/mol. The number of hydrogen-bond donors (Lipinski definition) is 1. The van der Waals surface area contributed by atoms with Gasteiger partial charge in [-0.1, -0.05) is 29.8 Å². The lowest BCUT2D eigenvalue weighted by Gasteiger charge is -2.24. The van der Waals surface area contributed by atoms with Gasteiger partial charge in [0.2, 0.25) is 0 Å². The normalized spacial score (nSPS) is 17.8. The van der Waals surface area contributed by atoms with Crippen molar-refractivity contribution >= 4 is 11.6 Å². The maximum Gasteiger partial charge on any atom is 0.194 e. The molecule has 0 saturated carbocycles. The third-order valence-electron chi connectivity index (χ3n) is 4.01. The molecule has 0 fully saturated rings. The van der Waals surface area contributed by atoms with Crippen molar-refractivity contribution in [1.82, 2.24) is 4.90 Å². The van der Waals surface area contributed by atoms with Crippen LogP contribution in [0.1, 0.15) is 22.7 Å². The summed E-state index contributed by atoms with van der Waals surface area (Å²) in [5.74, 6) is -3.75. The molecule has 0 aliphatic carbocycles. The van der Waals surface area contributed by atoms with Gasteiger partial charge in [0.05, 0.1) is 0 Å². The fraction of sp³-hybridized carbons (Fsp3) is 0.250. The van der Waals surface area contributed by atoms with Gasteiger partial charge in [-0.15, -0.1) is 0 Å². The van der Waals surface area contributed by atoms with Crippen LogP contribution in [0.3, 0.4) is 0 Å². The third-order valence-corrected chi connectivity index (χ3v) is 4.38. The van der Waals surface area contributed by atoms with E-state index in [9.17, 15) is 13.2 Å². The number of halogens is 4. The number of nitrogens with two attached hydrogens (primary N) is 1. The van der Waals surface area contributed by atoms with E-state index in [0.717, 1.165) is 11.6 Å². The van der Waals surface area contributed by atoms with E-state index < -0.39 is 17.5 Å². The highest BCUT2D eigenvalue weighted by molar-refractivity contribution is 6.31. The maximum atomic E-state index is 14.0. The van der Waals surface area contributed by atoms with Gasteiger partial charge in [-0.3, -0.25) is 4.90 Å². The van der Waals surface area contributed by atoms with Crippen LogP contribution in [-0.2, 0) is 13.1 Å². The van der Waals surface area contributed by atoms with Crippen LogP contribution < -0.4 is 5.73 Å². The Morgan fingerprint density at radius 3 is 2.59 bits per heavy atom. The molecule has 0 spiro atoms. The Morgan fingerprint density at radius 2 is 1.91 bits per heavy atom. The van der Waals surface area contributed by atoms with Crippen molar-refractivity contribution in [3.8, 4) is 0 Å². The molecule has 2 aromatic carbocycles. The molecule has 0 saturated heterocycles. The molecule has 0 bridgehead atoms. The van der Waals surface area contributed by atoms with Crippen LogP contribution in [-0.4, -0.2) is 11.4 Å². The highest BCUT2D eigenvalue weighted by atomic mass is 35.5. The highest BCUT2D eigenvalue weighted by Gasteiger charge is 2.34. The molecule has 0 radical (unpaired) electrons. The summed E-state index contributed by atoms with van der Waals surface area (Å²) in [6, 6.07) is 7.96. The predicted molar refractivity (Wildman–Crippen MR) is 78.8 cm³/mol. The molecule has 2 aromatic rings. The first-order valence-electron chi connectivity index (χ1n) is 6.86. The molecule has 6 heteroatoms. The van der Waals surface area contributed by atoms with Crippen molar-refractivity contribution in [3.63, 3.8) is 0 Å². The first kappa shape index (κ1) is 15.3. The second kappa shape index (κ2) is 5.91. The molecule has 1 unspecified atom stereocenters. The molecular formula is C16H14ClF3N2. The number of fused-ring (bicyclic) bond motifs is 1. The van der Waals surface area contributed by atoms with Crippen molar-refractivity contribution in [1.29, 1.82) is 0 Å². The molecule has 22 heavy (non-hydrogen) atoms. The van der Waals surface area contributed by atoms with Gasteiger partial charge in [0.15, 0.2) is 17.5 Å². The summed E-state index contributed by atoms with van der Waals surface area (Å²) in [5.41, 5.74) is 7.19. The predicted octanol–water partition coefficient (Wildman–Crippen LogP) is 3.77. The topological polar surface area (TPSA) is 29.3 Å². The van der Waals surface area contributed by atoms with E-state index in [4.69, 9.17) is 17.3 Å². The second-order valence-corrected chi connectivity index (χ2v) is 5.71. The fourth-order valence-electron chi connectivity index (χ4n) is 2.91. The van der Waals surface area contributed by atoms with Gasteiger partial charge >= 0.3 is 0 Å². The van der Waals surface area contributed by atoms with Crippen molar-refractivity contribution < 1.29 is 13.2 Å². The van der Waals surface area contributed by atoms with Gasteiger partial charge < -0.3 is 5.73 Å². The van der Waals surface area contributed by atoms with Crippen LogP contribution in [0.4, 0.5) is 13.2 Å². The Bertz CT molecular complexity index is 721. The molecular weight excluding hydrogens is 313 g/mol. The molecule has 2 N–H and O–H groups in total. The molecule has 0 aromatic heterocycles. The number of benzene rings is 2. The molecule has 116 valence electrons. The minimum Gasteiger partial charge on any atom is -0.329 e. The quantitative estimate of drug-likeness (QED) is 0.870. The zero-order chi connectivity index (χ0) is 15.9. The van der Waals surface area contributed by atoms with E-state index in [1.54, 1.807) is 6.07 Å². The first-order valence-corrected chi connectivity index (χ1v) is 7.24. The van der Waals surface area contributed by atoms with Crippen molar-refractivity contribution in [2.75, 3.05) is 6.54 Å². The van der Waals surface area contributed by atoms with Crippen LogP contribution in [0.5, 0.6) is 0 Å². The Hall–Kier alpha value is -1.56. The van der Waals surface area contributed by atoms with Gasteiger partial charge in [0.25, 0.3) is 0 Å². The Morgan fingerprint density at radius 1 is 1.18 bits per heavy atom. The average Bonchev–Trinajstić information content (AvgIpc) is 2.85. The van der Waals surface area contributed by atoms with Crippen molar-refractivity contribution in [2.45, 2.75) is 19.1 Å². The molecule has 1 atom stereocenters. The minimum absolute atomic E-state index is 0.168. The summed E-state index contributed by atoms with van der Waals surface area (Å²) < 4.78 is 40.8. The Kier molecular flexibility index (Phi) is 4.12. The van der Waals surface area contributed by atoms with E-state index in [2.05, 4.69) is 0 Å². The van der Waals surface area contributed by atoms with Gasteiger partial charge in [-0.25, -0.2) is 13.2 Å². The zero-order valence-corrected chi connectivity index (χ0v) is 12.4. The Labute approximate surface area is 131 Å².